The van der Waals surface area contributed by atoms with E-state index in [1.807, 2.05) is 0 Å². The lowest BCUT2D eigenvalue weighted by Gasteiger charge is -2.29. The largest absolute Gasteiger partial charge is 0.458 e. The van der Waals surface area contributed by atoms with E-state index in [1.165, 1.54) is 0 Å². The minimum Gasteiger partial charge on any atom is -0.458 e. The van der Waals surface area contributed by atoms with Crippen molar-refractivity contribution >= 4 is 12.1 Å². The number of β-amino-alcohol motifs (C(OH)–C–C–N with tert-alkyl or cyclic N) is 1. The average Bonchev–Trinajstić information content (AvgIpc) is 2.50. The molecule has 1 N–H and O–H groups in total. The van der Waals surface area contributed by atoms with E-state index in [0.717, 1.165) is 4.90 Å². The van der Waals surface area contributed by atoms with Crippen molar-refractivity contribution < 1.29 is 25.5 Å². The predicted octanol–water partition coefficient (Wildman–Crippen LogP) is 1.70. The number of hydrogen-bond donors (Lipinski definition) is 1. The topological polar surface area (TPSA) is 76.1 Å². The molecule has 0 bridgehead atoms. The van der Waals surface area contributed by atoms with Crippen molar-refractivity contribution in [3.63, 3.8) is 0 Å². The molecule has 0 radical (unpaired) electrons. The van der Waals surface area contributed by atoms with Crippen LogP contribution in [-0.4, -0.2) is 52.0 Å². The Morgan fingerprint density at radius 1 is 1.15 bits per heavy atom. The van der Waals surface area contributed by atoms with Crippen LogP contribution in [0, 0.1) is 0 Å². The fraction of sp³-hybridized carbons (Fsp3) is 0.857. The van der Waals surface area contributed by atoms with Crippen LogP contribution in [0.3, 0.4) is 0 Å². The fourth-order valence-electron chi connectivity index (χ4n) is 1.77. The number of likely N-dealkylation sites (tertiary alicyclic amines) is 1. The van der Waals surface area contributed by atoms with E-state index < -0.39 is 41.8 Å². The number of esters is 1. The number of rotatable bonds is 1. The number of carbonyl (C=O) groups is 2. The molecule has 1 saturated heterocycles. The summed E-state index contributed by atoms with van der Waals surface area (Å²) in [6.07, 6.45) is -2.98. The Labute approximate surface area is 121 Å². The van der Waals surface area contributed by atoms with Gasteiger partial charge in [-0.15, -0.1) is 0 Å². The van der Waals surface area contributed by atoms with Gasteiger partial charge in [0, 0.05) is 7.77 Å². The zero-order valence-electron chi connectivity index (χ0n) is 14.0. The fourth-order valence-corrected chi connectivity index (χ4v) is 1.77. The molecule has 1 rings (SSSR count). The van der Waals surface area contributed by atoms with Crippen LogP contribution < -0.4 is 0 Å². The standard InChI is InChI=1S/C14H25NO5/c1-13(2,3)19-11(17)10-7-9(16)8-15(10)12(18)20-14(4,5)6/h9-10,16H,7-8H2,1-6H3/t9-,10-/m0/s1/i7D/t7-,9+,10+/m1. The highest BCUT2D eigenvalue weighted by molar-refractivity contribution is 5.82. The highest BCUT2D eigenvalue weighted by atomic mass is 16.6. The van der Waals surface area contributed by atoms with E-state index in [9.17, 15) is 14.7 Å². The molecular weight excluding hydrogens is 262 g/mol. The van der Waals surface area contributed by atoms with Gasteiger partial charge < -0.3 is 14.6 Å². The normalized spacial score (nSPS) is 28.1. The number of aliphatic hydroxyl groups is 1. The van der Waals surface area contributed by atoms with Crippen LogP contribution in [0.4, 0.5) is 4.79 Å². The maximum Gasteiger partial charge on any atom is 0.411 e. The van der Waals surface area contributed by atoms with Gasteiger partial charge in [0.2, 0.25) is 0 Å². The molecular formula is C14H25NO5. The SMILES string of the molecule is [2H][C@@H]1[C@H](O)CN(C(=O)OC(C)(C)C)[C@@H]1C(=O)OC(C)(C)C. The summed E-state index contributed by atoms with van der Waals surface area (Å²) in [6.45, 7) is 10.1. The van der Waals surface area contributed by atoms with Gasteiger partial charge in [-0.25, -0.2) is 9.59 Å². The molecule has 3 atom stereocenters. The van der Waals surface area contributed by atoms with Gasteiger partial charge in [0.15, 0.2) is 0 Å². The van der Waals surface area contributed by atoms with Crippen LogP contribution in [0.1, 0.15) is 49.3 Å². The van der Waals surface area contributed by atoms with Crippen molar-refractivity contribution in [2.45, 2.75) is 71.3 Å². The number of carbonyl (C=O) groups excluding carboxylic acids is 2. The first-order valence-electron chi connectivity index (χ1n) is 7.22. The highest BCUT2D eigenvalue weighted by Crippen LogP contribution is 2.24. The number of hydrogen-bond acceptors (Lipinski definition) is 5. The first kappa shape index (κ1) is 15.1. The molecule has 116 valence electrons. The second-order valence-electron chi connectivity index (χ2n) is 6.87. The summed E-state index contributed by atoms with van der Waals surface area (Å²) in [4.78, 5) is 25.4. The lowest BCUT2D eigenvalue weighted by Crippen LogP contribution is -2.45. The molecule has 1 heterocycles. The Kier molecular flexibility index (Phi) is 4.22. The molecule has 1 fully saturated rings. The molecule has 6 nitrogen and oxygen atoms in total. The Balaban J connectivity index is 2.91. The monoisotopic (exact) mass is 288 g/mol. The third-order valence-electron chi connectivity index (χ3n) is 2.40. The molecule has 1 aliphatic rings. The minimum absolute atomic E-state index is 0.118. The molecule has 0 unspecified atom stereocenters. The molecule has 20 heavy (non-hydrogen) atoms. The van der Waals surface area contributed by atoms with Crippen molar-refractivity contribution in [2.75, 3.05) is 6.54 Å². The summed E-state index contributed by atoms with van der Waals surface area (Å²) in [5.74, 6) is -0.704. The van der Waals surface area contributed by atoms with Crippen LogP contribution in [0.5, 0.6) is 0 Å². The van der Waals surface area contributed by atoms with Crippen LogP contribution in [0.15, 0.2) is 0 Å². The molecule has 0 spiro atoms. The Morgan fingerprint density at radius 2 is 1.65 bits per heavy atom. The van der Waals surface area contributed by atoms with Crippen molar-refractivity contribution in [1.29, 1.82) is 0 Å². The third kappa shape index (κ3) is 5.00. The summed E-state index contributed by atoms with van der Waals surface area (Å²) in [5.41, 5.74) is -1.45. The first-order chi connectivity index (χ1) is 9.32. The average molecular weight is 288 g/mol. The number of amides is 1. The van der Waals surface area contributed by atoms with Crippen LogP contribution in [0.25, 0.3) is 0 Å². The maximum atomic E-state index is 12.2. The van der Waals surface area contributed by atoms with Gasteiger partial charge in [-0.3, -0.25) is 4.90 Å². The minimum atomic E-state index is -1.16. The Bertz CT molecular complexity index is 413. The van der Waals surface area contributed by atoms with Gasteiger partial charge in [-0.1, -0.05) is 0 Å². The number of nitrogens with zero attached hydrogens (tertiary/aromatic N) is 1. The molecule has 1 amide bonds. The molecule has 0 aromatic carbocycles. The predicted molar refractivity (Wildman–Crippen MR) is 73.2 cm³/mol. The third-order valence-corrected chi connectivity index (χ3v) is 2.40. The smallest absolute Gasteiger partial charge is 0.411 e. The van der Waals surface area contributed by atoms with Gasteiger partial charge in [0.05, 0.1) is 12.6 Å². The van der Waals surface area contributed by atoms with E-state index in [0.29, 0.717) is 0 Å². The van der Waals surface area contributed by atoms with Gasteiger partial charge >= 0.3 is 12.1 Å². The van der Waals surface area contributed by atoms with Gasteiger partial charge in [0.25, 0.3) is 0 Å². The zero-order chi connectivity index (χ0) is 16.6. The molecule has 0 aromatic heterocycles. The van der Waals surface area contributed by atoms with Crippen LogP contribution in [0.2, 0.25) is 0 Å². The molecule has 0 saturated carbocycles. The Hall–Kier alpha value is -1.30. The van der Waals surface area contributed by atoms with Crippen molar-refractivity contribution in [2.24, 2.45) is 0 Å². The second kappa shape index (κ2) is 5.60. The van der Waals surface area contributed by atoms with E-state index in [4.69, 9.17) is 10.8 Å². The molecule has 0 aliphatic carbocycles. The molecule has 1 aliphatic heterocycles. The van der Waals surface area contributed by atoms with Gasteiger partial charge in [0.1, 0.15) is 17.2 Å². The maximum absolute atomic E-state index is 12.2. The number of aliphatic hydroxyl groups excluding tert-OH is 1. The quantitative estimate of drug-likeness (QED) is 0.743. The van der Waals surface area contributed by atoms with Crippen LogP contribution in [-0.2, 0) is 14.3 Å². The zero-order valence-corrected chi connectivity index (χ0v) is 13.0. The van der Waals surface area contributed by atoms with Crippen molar-refractivity contribution in [1.82, 2.24) is 4.90 Å². The van der Waals surface area contributed by atoms with E-state index >= 15 is 0 Å². The first-order valence-corrected chi connectivity index (χ1v) is 6.64. The summed E-state index contributed by atoms with van der Waals surface area (Å²) in [5, 5.41) is 9.79. The lowest BCUT2D eigenvalue weighted by molar-refractivity contribution is -0.160. The van der Waals surface area contributed by atoms with Crippen LogP contribution >= 0.6 is 0 Å². The molecule has 0 aromatic rings. The number of ether oxygens (including phenoxy) is 2. The lowest BCUT2D eigenvalue weighted by atomic mass is 10.1. The Morgan fingerprint density at radius 3 is 2.10 bits per heavy atom. The van der Waals surface area contributed by atoms with E-state index in [-0.39, 0.29) is 6.54 Å². The highest BCUT2D eigenvalue weighted by Gasteiger charge is 2.42. The van der Waals surface area contributed by atoms with Crippen molar-refractivity contribution in [3.8, 4) is 0 Å². The van der Waals surface area contributed by atoms with Crippen molar-refractivity contribution in [3.05, 3.63) is 0 Å². The van der Waals surface area contributed by atoms with E-state index in [2.05, 4.69) is 0 Å². The van der Waals surface area contributed by atoms with Gasteiger partial charge in [-0.2, -0.15) is 0 Å². The van der Waals surface area contributed by atoms with Gasteiger partial charge in [-0.05, 0) is 41.5 Å². The second-order valence-corrected chi connectivity index (χ2v) is 6.87. The summed E-state index contributed by atoms with van der Waals surface area (Å²) >= 11 is 0. The summed E-state index contributed by atoms with van der Waals surface area (Å²) in [6, 6.07) is -1.16. The summed E-state index contributed by atoms with van der Waals surface area (Å²) < 4.78 is 18.3. The molecule has 6 heteroatoms. The summed E-state index contributed by atoms with van der Waals surface area (Å²) in [7, 11) is 0. The van der Waals surface area contributed by atoms with E-state index in [1.54, 1.807) is 41.5 Å².